The number of carbonyl (C=O) groups excluding carboxylic acids is 4. The normalized spacial score (nSPS) is 22.7. The molecule has 0 spiro atoms. The van der Waals surface area contributed by atoms with E-state index in [2.05, 4.69) is 10.6 Å². The minimum absolute atomic E-state index is 0.115. The van der Waals surface area contributed by atoms with E-state index in [0.717, 1.165) is 30.0 Å². The molecule has 2 N–H and O–H groups in total. The van der Waals surface area contributed by atoms with Gasteiger partial charge in [-0.1, -0.05) is 12.1 Å². The van der Waals surface area contributed by atoms with E-state index in [1.54, 1.807) is 12.1 Å². The first-order valence-corrected chi connectivity index (χ1v) is 9.22. The number of hydrogen-bond acceptors (Lipinski definition) is 6. The smallest absolute Gasteiger partial charge is 0.262 e. The number of nitrogens with one attached hydrogen (secondary N) is 2. The molecule has 8 nitrogen and oxygen atoms in total. The molecule has 2 saturated heterocycles. The number of benzene rings is 1. The van der Waals surface area contributed by atoms with E-state index in [-0.39, 0.29) is 24.9 Å². The Hall–Kier alpha value is -2.58. The van der Waals surface area contributed by atoms with Gasteiger partial charge in [-0.15, -0.1) is 0 Å². The van der Waals surface area contributed by atoms with Crippen molar-refractivity contribution in [1.82, 2.24) is 15.5 Å². The second-order valence-corrected chi connectivity index (χ2v) is 7.04. The number of rotatable bonds is 6. The minimum atomic E-state index is -0.933. The molecule has 0 saturated carbocycles. The monoisotopic (exact) mass is 371 g/mol. The molecule has 1 aromatic rings. The number of carbonyl (C=O) groups is 4. The summed E-state index contributed by atoms with van der Waals surface area (Å²) >= 11 is 0. The molecule has 4 rings (SSSR count). The number of piperidine rings is 1. The lowest BCUT2D eigenvalue weighted by Crippen LogP contribution is -2.54. The van der Waals surface area contributed by atoms with Crippen molar-refractivity contribution in [1.29, 1.82) is 0 Å². The van der Waals surface area contributed by atoms with E-state index >= 15 is 0 Å². The van der Waals surface area contributed by atoms with Gasteiger partial charge >= 0.3 is 0 Å². The lowest BCUT2D eigenvalue weighted by Gasteiger charge is -2.28. The van der Waals surface area contributed by atoms with Crippen LogP contribution in [0.15, 0.2) is 18.2 Å². The number of amides is 4. The van der Waals surface area contributed by atoms with Crippen LogP contribution in [0, 0.1) is 0 Å². The maximum absolute atomic E-state index is 13.0. The highest BCUT2D eigenvalue weighted by Crippen LogP contribution is 2.30. The van der Waals surface area contributed by atoms with E-state index in [4.69, 9.17) is 4.74 Å². The number of nitrogens with zero attached hydrogens (tertiary/aromatic N) is 1. The van der Waals surface area contributed by atoms with Crippen LogP contribution in [0.1, 0.15) is 45.5 Å². The predicted molar refractivity (Wildman–Crippen MR) is 94.0 cm³/mol. The van der Waals surface area contributed by atoms with Crippen molar-refractivity contribution in [2.45, 2.75) is 37.8 Å². The predicted octanol–water partition coefficient (Wildman–Crippen LogP) is 0.00880. The first kappa shape index (κ1) is 17.8. The van der Waals surface area contributed by atoms with Crippen molar-refractivity contribution < 1.29 is 23.9 Å². The zero-order valence-electron chi connectivity index (χ0n) is 14.8. The van der Waals surface area contributed by atoms with Crippen molar-refractivity contribution >= 4 is 23.6 Å². The van der Waals surface area contributed by atoms with Gasteiger partial charge in [-0.3, -0.25) is 29.4 Å². The van der Waals surface area contributed by atoms with Gasteiger partial charge in [-0.25, -0.2) is 0 Å². The first-order valence-electron chi connectivity index (χ1n) is 9.22. The van der Waals surface area contributed by atoms with Crippen LogP contribution in [0.3, 0.4) is 0 Å². The molecule has 142 valence electrons. The van der Waals surface area contributed by atoms with E-state index in [1.165, 1.54) is 0 Å². The molecule has 3 heterocycles. The van der Waals surface area contributed by atoms with Crippen LogP contribution in [-0.4, -0.2) is 60.4 Å². The van der Waals surface area contributed by atoms with Crippen molar-refractivity contribution in [3.05, 3.63) is 34.9 Å². The number of hydrogen-bond donors (Lipinski definition) is 2. The molecule has 1 aromatic carbocycles. The molecule has 1 unspecified atom stereocenters. The molecule has 0 aromatic heterocycles. The maximum atomic E-state index is 13.0. The van der Waals surface area contributed by atoms with Crippen molar-refractivity contribution in [3.8, 4) is 0 Å². The van der Waals surface area contributed by atoms with Gasteiger partial charge in [0.15, 0.2) is 0 Å². The van der Waals surface area contributed by atoms with Gasteiger partial charge in [-0.05, 0) is 30.9 Å². The summed E-state index contributed by atoms with van der Waals surface area (Å²) in [6.07, 6.45) is 1.90. The number of ether oxygens (including phenoxy) is 1. The minimum Gasteiger partial charge on any atom is -0.376 e. The van der Waals surface area contributed by atoms with Gasteiger partial charge in [0.2, 0.25) is 11.8 Å². The highest BCUT2D eigenvalue weighted by molar-refractivity contribution is 6.24. The van der Waals surface area contributed by atoms with Crippen molar-refractivity contribution in [3.63, 3.8) is 0 Å². The van der Waals surface area contributed by atoms with E-state index in [1.807, 2.05) is 6.07 Å². The summed E-state index contributed by atoms with van der Waals surface area (Å²) < 4.78 is 5.70. The second-order valence-electron chi connectivity index (χ2n) is 7.04. The van der Waals surface area contributed by atoms with Gasteiger partial charge < -0.3 is 10.1 Å². The van der Waals surface area contributed by atoms with Gasteiger partial charge in [0, 0.05) is 26.1 Å². The lowest BCUT2D eigenvalue weighted by atomic mass is 9.99. The molecule has 4 amide bonds. The number of imide groups is 2. The average Bonchev–Trinajstić information content (AvgIpc) is 2.85. The third-order valence-corrected chi connectivity index (χ3v) is 5.24. The quantitative estimate of drug-likeness (QED) is 0.539. The summed E-state index contributed by atoms with van der Waals surface area (Å²) in [6.45, 7) is 2.33. The number of fused-ring (bicyclic) bond motifs is 1. The van der Waals surface area contributed by atoms with Crippen molar-refractivity contribution in [2.24, 2.45) is 0 Å². The summed E-state index contributed by atoms with van der Waals surface area (Å²) in [6, 6.07) is 4.27. The Morgan fingerprint density at radius 3 is 2.63 bits per heavy atom. The van der Waals surface area contributed by atoms with Gasteiger partial charge in [0.05, 0.1) is 17.2 Å². The Morgan fingerprint density at radius 2 is 1.93 bits per heavy atom. The summed E-state index contributed by atoms with van der Waals surface area (Å²) in [4.78, 5) is 50.2. The third kappa shape index (κ3) is 3.26. The Balaban J connectivity index is 1.49. The van der Waals surface area contributed by atoms with Crippen LogP contribution in [0.25, 0.3) is 0 Å². The Morgan fingerprint density at radius 1 is 1.11 bits per heavy atom. The SMILES string of the molecule is O=C1CCC(N2C(=O)c3cccc(CCCOC4CNC4)c3C2=O)C(=O)N1. The summed E-state index contributed by atoms with van der Waals surface area (Å²) in [7, 11) is 0. The molecule has 3 aliphatic rings. The highest BCUT2D eigenvalue weighted by atomic mass is 16.5. The molecule has 0 radical (unpaired) electrons. The zero-order valence-corrected chi connectivity index (χ0v) is 14.8. The second kappa shape index (κ2) is 7.21. The van der Waals surface area contributed by atoms with E-state index in [0.29, 0.717) is 24.2 Å². The molecule has 8 heteroatoms. The van der Waals surface area contributed by atoms with Gasteiger partial charge in [0.25, 0.3) is 11.8 Å². The molecular weight excluding hydrogens is 350 g/mol. The highest BCUT2D eigenvalue weighted by Gasteiger charge is 2.45. The Bertz CT molecular complexity index is 818. The first-order chi connectivity index (χ1) is 13.1. The van der Waals surface area contributed by atoms with Crippen LogP contribution < -0.4 is 10.6 Å². The average molecular weight is 371 g/mol. The van der Waals surface area contributed by atoms with Crippen LogP contribution in [0.2, 0.25) is 0 Å². The molecule has 2 fully saturated rings. The van der Waals surface area contributed by atoms with Gasteiger partial charge in [0.1, 0.15) is 6.04 Å². The van der Waals surface area contributed by atoms with E-state index in [9.17, 15) is 19.2 Å². The maximum Gasteiger partial charge on any atom is 0.262 e. The summed E-state index contributed by atoms with van der Waals surface area (Å²) in [5, 5.41) is 5.35. The zero-order chi connectivity index (χ0) is 19.0. The van der Waals surface area contributed by atoms with Crippen LogP contribution >= 0.6 is 0 Å². The molecule has 3 aliphatic heterocycles. The molecule has 0 aliphatic carbocycles. The molecule has 0 bridgehead atoms. The molecule has 1 atom stereocenters. The van der Waals surface area contributed by atoms with Crippen molar-refractivity contribution in [2.75, 3.05) is 19.7 Å². The lowest BCUT2D eigenvalue weighted by molar-refractivity contribution is -0.136. The Kier molecular flexibility index (Phi) is 4.75. The van der Waals surface area contributed by atoms with Crippen LogP contribution in [-0.2, 0) is 20.7 Å². The molecule has 27 heavy (non-hydrogen) atoms. The van der Waals surface area contributed by atoms with E-state index < -0.39 is 23.8 Å². The number of aryl methyl sites for hydroxylation is 1. The fourth-order valence-electron chi connectivity index (χ4n) is 3.69. The largest absolute Gasteiger partial charge is 0.376 e. The summed E-state index contributed by atoms with van der Waals surface area (Å²) in [5.74, 6) is -1.90. The summed E-state index contributed by atoms with van der Waals surface area (Å²) in [5.41, 5.74) is 1.49. The molecular formula is C19H21N3O5. The topological polar surface area (TPSA) is 105 Å². The van der Waals surface area contributed by atoms with Crippen LogP contribution in [0.4, 0.5) is 0 Å². The fraction of sp³-hybridized carbons (Fsp3) is 0.474. The third-order valence-electron chi connectivity index (χ3n) is 5.24. The van der Waals surface area contributed by atoms with Crippen LogP contribution in [0.5, 0.6) is 0 Å². The fourth-order valence-corrected chi connectivity index (χ4v) is 3.69. The standard InChI is InChI=1S/C19H21N3O5/c23-15-7-6-14(17(24)21-15)22-18(25)13-5-1-3-11(16(13)19(22)26)4-2-8-27-12-9-20-10-12/h1,3,5,12,14,20H,2,4,6-10H2,(H,21,23,24). The van der Waals surface area contributed by atoms with Gasteiger partial charge in [-0.2, -0.15) is 0 Å². The Labute approximate surface area is 156 Å².